The van der Waals surface area contributed by atoms with Gasteiger partial charge < -0.3 is 23.4 Å². The lowest BCUT2D eigenvalue weighted by molar-refractivity contribution is 0.297. The summed E-state index contributed by atoms with van der Waals surface area (Å²) in [4.78, 5) is 12.1. The average Bonchev–Trinajstić information content (AvgIpc) is 2.71. The predicted molar refractivity (Wildman–Crippen MR) is 107 cm³/mol. The molecule has 0 unspecified atom stereocenters. The summed E-state index contributed by atoms with van der Waals surface area (Å²) < 4.78 is 27.6. The van der Waals surface area contributed by atoms with Gasteiger partial charge in [-0.2, -0.15) is 0 Å². The number of aryl methyl sites for hydroxylation is 2. The number of hydrogen-bond donors (Lipinski definition) is 0. The Hall–Kier alpha value is -3.15. The second kappa shape index (κ2) is 7.84. The third kappa shape index (κ3) is 3.38. The lowest BCUT2D eigenvalue weighted by atomic mass is 10.0. The number of benzene rings is 2. The van der Waals surface area contributed by atoms with Gasteiger partial charge in [-0.25, -0.2) is 4.79 Å². The van der Waals surface area contributed by atoms with Crippen LogP contribution in [0.2, 0.25) is 0 Å². The molecule has 0 fully saturated rings. The Kier molecular flexibility index (Phi) is 5.49. The van der Waals surface area contributed by atoms with E-state index in [4.69, 9.17) is 23.4 Å². The molecule has 0 bridgehead atoms. The van der Waals surface area contributed by atoms with Crippen LogP contribution in [0.15, 0.2) is 33.5 Å². The van der Waals surface area contributed by atoms with Crippen molar-refractivity contribution >= 4 is 11.0 Å². The van der Waals surface area contributed by atoms with Crippen LogP contribution >= 0.6 is 0 Å². The monoisotopic (exact) mass is 384 g/mol. The number of fused-ring (bicyclic) bond motifs is 1. The first-order chi connectivity index (χ1) is 13.4. The molecular weight excluding hydrogens is 360 g/mol. The summed E-state index contributed by atoms with van der Waals surface area (Å²) in [7, 11) is 4.70. The third-order valence-corrected chi connectivity index (χ3v) is 4.94. The highest BCUT2D eigenvalue weighted by atomic mass is 16.5. The quantitative estimate of drug-likeness (QED) is 0.590. The highest BCUT2D eigenvalue weighted by Gasteiger charge is 2.15. The van der Waals surface area contributed by atoms with E-state index < -0.39 is 0 Å². The number of hydrogen-bond acceptors (Lipinski definition) is 6. The lowest BCUT2D eigenvalue weighted by Gasteiger charge is -2.15. The van der Waals surface area contributed by atoms with Crippen LogP contribution in [0.3, 0.4) is 0 Å². The van der Waals surface area contributed by atoms with Crippen LogP contribution in [0.25, 0.3) is 11.0 Å². The van der Waals surface area contributed by atoms with E-state index in [2.05, 4.69) is 0 Å². The fourth-order valence-corrected chi connectivity index (χ4v) is 3.16. The molecule has 0 saturated carbocycles. The van der Waals surface area contributed by atoms with Crippen molar-refractivity contribution in [2.24, 2.45) is 0 Å². The van der Waals surface area contributed by atoms with Crippen molar-refractivity contribution in [2.45, 2.75) is 27.4 Å². The van der Waals surface area contributed by atoms with Crippen molar-refractivity contribution in [3.05, 3.63) is 56.9 Å². The molecule has 28 heavy (non-hydrogen) atoms. The van der Waals surface area contributed by atoms with E-state index in [1.54, 1.807) is 28.3 Å². The van der Waals surface area contributed by atoms with Crippen molar-refractivity contribution < 1.29 is 23.4 Å². The topological polar surface area (TPSA) is 67.1 Å². The Morgan fingerprint density at radius 2 is 1.46 bits per heavy atom. The summed E-state index contributed by atoms with van der Waals surface area (Å²) in [6.45, 7) is 5.86. The van der Waals surface area contributed by atoms with Gasteiger partial charge in [-0.15, -0.1) is 0 Å². The maximum absolute atomic E-state index is 12.1. The van der Waals surface area contributed by atoms with E-state index in [1.807, 2.05) is 38.1 Å². The number of ether oxygens (including phenoxy) is 4. The fourth-order valence-electron chi connectivity index (χ4n) is 3.16. The van der Waals surface area contributed by atoms with Gasteiger partial charge in [-0.1, -0.05) is 0 Å². The summed E-state index contributed by atoms with van der Waals surface area (Å²) >= 11 is 0. The van der Waals surface area contributed by atoms with Crippen molar-refractivity contribution in [1.29, 1.82) is 0 Å². The van der Waals surface area contributed by atoms with Crippen LogP contribution in [-0.4, -0.2) is 21.3 Å². The van der Waals surface area contributed by atoms with Gasteiger partial charge in [-0.3, -0.25) is 0 Å². The summed E-state index contributed by atoms with van der Waals surface area (Å²) in [5.74, 6) is 2.30. The normalized spacial score (nSPS) is 10.8. The Morgan fingerprint density at radius 3 is 2.04 bits per heavy atom. The summed E-state index contributed by atoms with van der Waals surface area (Å²) in [5.41, 5.74) is 3.41. The van der Waals surface area contributed by atoms with Crippen LogP contribution in [-0.2, 0) is 6.61 Å². The zero-order valence-corrected chi connectivity index (χ0v) is 17.0. The Balaban J connectivity index is 1.95. The molecule has 0 aliphatic heterocycles. The molecule has 3 aromatic rings. The van der Waals surface area contributed by atoms with E-state index in [-0.39, 0.29) is 12.2 Å². The van der Waals surface area contributed by atoms with Gasteiger partial charge in [0, 0.05) is 16.5 Å². The molecule has 6 heteroatoms. The second-order valence-electron chi connectivity index (χ2n) is 6.53. The minimum atomic E-state index is -0.324. The minimum absolute atomic E-state index is 0.290. The molecule has 0 spiro atoms. The van der Waals surface area contributed by atoms with E-state index in [9.17, 15) is 4.79 Å². The van der Waals surface area contributed by atoms with Crippen molar-refractivity contribution in [2.75, 3.05) is 21.3 Å². The van der Waals surface area contributed by atoms with Gasteiger partial charge in [-0.05, 0) is 56.2 Å². The largest absolute Gasteiger partial charge is 0.493 e. The Labute approximate surface area is 163 Å². The first-order valence-electron chi connectivity index (χ1n) is 8.86. The summed E-state index contributed by atoms with van der Waals surface area (Å²) in [5, 5.41) is 0.912. The van der Waals surface area contributed by atoms with E-state index in [0.29, 0.717) is 34.1 Å². The van der Waals surface area contributed by atoms with E-state index >= 15 is 0 Å². The second-order valence-corrected chi connectivity index (χ2v) is 6.53. The molecule has 0 N–H and O–H groups in total. The predicted octanol–water partition coefficient (Wildman–Crippen LogP) is 4.32. The fraction of sp³-hybridized carbons (Fsp3) is 0.318. The van der Waals surface area contributed by atoms with Gasteiger partial charge in [0.25, 0.3) is 0 Å². The molecule has 0 saturated heterocycles. The Morgan fingerprint density at radius 1 is 0.821 bits per heavy atom. The molecule has 148 valence electrons. The standard InChI is InChI=1S/C22H24O6/c1-12-13(2)22(23)28-20-14(3)17(8-7-16(12)20)27-11-15-9-18(24-4)21(26-6)19(10-15)25-5/h7-10H,11H2,1-6H3. The number of methoxy groups -OCH3 is 3. The third-order valence-electron chi connectivity index (χ3n) is 4.94. The first kappa shape index (κ1) is 19.6. The zero-order valence-electron chi connectivity index (χ0n) is 17.0. The van der Waals surface area contributed by atoms with Crippen molar-refractivity contribution in [3.8, 4) is 23.0 Å². The van der Waals surface area contributed by atoms with Crippen molar-refractivity contribution in [1.82, 2.24) is 0 Å². The highest BCUT2D eigenvalue weighted by molar-refractivity contribution is 5.85. The van der Waals surface area contributed by atoms with Crippen LogP contribution in [0, 0.1) is 20.8 Å². The summed E-state index contributed by atoms with van der Waals surface area (Å²) in [6.07, 6.45) is 0. The van der Waals surface area contributed by atoms with Crippen LogP contribution in [0.4, 0.5) is 0 Å². The van der Waals surface area contributed by atoms with Crippen LogP contribution in [0.5, 0.6) is 23.0 Å². The van der Waals surface area contributed by atoms with Crippen molar-refractivity contribution in [3.63, 3.8) is 0 Å². The number of rotatable bonds is 6. The lowest BCUT2D eigenvalue weighted by Crippen LogP contribution is -2.07. The Bertz CT molecular complexity index is 1060. The maximum atomic E-state index is 12.1. The molecule has 1 aromatic heterocycles. The summed E-state index contributed by atoms with van der Waals surface area (Å²) in [6, 6.07) is 7.48. The van der Waals surface area contributed by atoms with Gasteiger partial charge in [0.1, 0.15) is 17.9 Å². The molecule has 0 aliphatic rings. The minimum Gasteiger partial charge on any atom is -0.493 e. The van der Waals surface area contributed by atoms with Crippen LogP contribution < -0.4 is 24.6 Å². The maximum Gasteiger partial charge on any atom is 0.339 e. The highest BCUT2D eigenvalue weighted by Crippen LogP contribution is 2.38. The molecule has 0 radical (unpaired) electrons. The molecular formula is C22H24O6. The average molecular weight is 384 g/mol. The zero-order chi connectivity index (χ0) is 20.4. The SMILES string of the molecule is COc1cc(COc2ccc3c(C)c(C)c(=O)oc3c2C)cc(OC)c1OC. The van der Waals surface area contributed by atoms with Gasteiger partial charge >= 0.3 is 5.63 Å². The van der Waals surface area contributed by atoms with Gasteiger partial charge in [0.2, 0.25) is 5.75 Å². The molecule has 0 aliphatic carbocycles. The van der Waals surface area contributed by atoms with Crippen LogP contribution in [0.1, 0.15) is 22.3 Å². The first-order valence-corrected chi connectivity index (χ1v) is 8.86. The molecule has 0 amide bonds. The van der Waals surface area contributed by atoms with Gasteiger partial charge in [0.05, 0.1) is 21.3 Å². The molecule has 2 aromatic carbocycles. The molecule has 6 nitrogen and oxygen atoms in total. The molecule has 1 heterocycles. The molecule has 0 atom stereocenters. The van der Waals surface area contributed by atoms with E-state index in [0.717, 1.165) is 22.1 Å². The smallest absolute Gasteiger partial charge is 0.339 e. The van der Waals surface area contributed by atoms with Gasteiger partial charge in [0.15, 0.2) is 11.5 Å². The van der Waals surface area contributed by atoms with E-state index in [1.165, 1.54) is 0 Å². The molecule has 3 rings (SSSR count).